The van der Waals surface area contributed by atoms with Gasteiger partial charge in [-0.15, -0.1) is 17.8 Å². The van der Waals surface area contributed by atoms with Gasteiger partial charge in [0.05, 0.1) is 18.3 Å². The van der Waals surface area contributed by atoms with Gasteiger partial charge in [-0.3, -0.25) is 14.6 Å². The van der Waals surface area contributed by atoms with Gasteiger partial charge in [0.25, 0.3) is 0 Å². The summed E-state index contributed by atoms with van der Waals surface area (Å²) >= 11 is 1.70. The molecule has 1 atom stereocenters. The Hall–Kier alpha value is -2.20. The van der Waals surface area contributed by atoms with Gasteiger partial charge in [0.2, 0.25) is 5.91 Å². The first-order valence-electron chi connectivity index (χ1n) is 10.4. The third-order valence-corrected chi connectivity index (χ3v) is 6.78. The number of carbonyl (C=O) groups is 1. The van der Waals surface area contributed by atoms with Crippen molar-refractivity contribution in [3.05, 3.63) is 41.4 Å². The van der Waals surface area contributed by atoms with Gasteiger partial charge in [-0.25, -0.2) is 4.98 Å². The minimum atomic E-state index is -0.0293. The lowest BCUT2D eigenvalue weighted by molar-refractivity contribution is -0.139. The topological polar surface area (TPSA) is 39.7 Å². The van der Waals surface area contributed by atoms with Crippen molar-refractivity contribution in [2.45, 2.75) is 31.8 Å². The van der Waals surface area contributed by atoms with Gasteiger partial charge in [-0.05, 0) is 19.4 Å². The number of aromatic nitrogens is 1. The molecule has 1 unspecified atom stereocenters. The third-order valence-electron chi connectivity index (χ3n) is 5.84. The van der Waals surface area contributed by atoms with E-state index in [-0.39, 0.29) is 11.9 Å². The number of hydrogen-bond donors (Lipinski definition) is 0. The Morgan fingerprint density at radius 2 is 1.93 bits per heavy atom. The number of thiazole rings is 1. The molecule has 5 nitrogen and oxygen atoms in total. The molecular formula is C23H28N4OS. The van der Waals surface area contributed by atoms with Crippen molar-refractivity contribution < 1.29 is 4.79 Å². The molecule has 29 heavy (non-hydrogen) atoms. The van der Waals surface area contributed by atoms with Crippen LogP contribution in [0, 0.1) is 12.3 Å². The fourth-order valence-corrected chi connectivity index (χ4v) is 5.05. The van der Waals surface area contributed by atoms with Gasteiger partial charge in [0.15, 0.2) is 0 Å². The zero-order valence-corrected chi connectivity index (χ0v) is 17.6. The van der Waals surface area contributed by atoms with Gasteiger partial charge >= 0.3 is 0 Å². The highest BCUT2D eigenvalue weighted by Gasteiger charge is 2.32. The molecule has 1 aromatic carbocycles. The second kappa shape index (κ2) is 9.53. The monoisotopic (exact) mass is 408 g/mol. The average molecular weight is 409 g/mol. The molecule has 0 saturated carbocycles. The number of likely N-dealkylation sites (tertiary alicyclic amines) is 1. The molecule has 6 heteroatoms. The molecule has 1 aromatic heterocycles. The van der Waals surface area contributed by atoms with E-state index in [1.165, 1.54) is 5.56 Å². The number of piperazine rings is 1. The largest absolute Gasteiger partial charge is 0.339 e. The maximum atomic E-state index is 13.1. The second-order valence-electron chi connectivity index (χ2n) is 7.80. The van der Waals surface area contributed by atoms with Crippen molar-refractivity contribution >= 4 is 17.2 Å². The highest BCUT2D eigenvalue weighted by molar-refractivity contribution is 7.13. The number of hydrogen-bond acceptors (Lipinski definition) is 5. The molecule has 2 saturated heterocycles. The number of amides is 1. The van der Waals surface area contributed by atoms with Gasteiger partial charge in [-0.2, -0.15) is 0 Å². The number of piperidine rings is 1. The summed E-state index contributed by atoms with van der Waals surface area (Å²) in [7, 11) is 0. The Bertz CT molecular complexity index is 851. The zero-order chi connectivity index (χ0) is 20.1. The van der Waals surface area contributed by atoms with Crippen LogP contribution in [0.4, 0.5) is 0 Å². The van der Waals surface area contributed by atoms with E-state index in [0.717, 1.165) is 69.2 Å². The first-order valence-corrected chi connectivity index (χ1v) is 11.3. The SMILES string of the molecule is C#CCN1CCCCC1C(=O)N1CCN(Cc2csc(-c3ccccc3)n2)CC1. The van der Waals surface area contributed by atoms with Crippen molar-refractivity contribution in [3.63, 3.8) is 0 Å². The van der Waals surface area contributed by atoms with E-state index < -0.39 is 0 Å². The Morgan fingerprint density at radius 1 is 1.14 bits per heavy atom. The van der Waals surface area contributed by atoms with E-state index in [1.54, 1.807) is 11.3 Å². The maximum Gasteiger partial charge on any atom is 0.240 e. The molecular weight excluding hydrogens is 380 g/mol. The van der Waals surface area contributed by atoms with E-state index in [9.17, 15) is 4.79 Å². The van der Waals surface area contributed by atoms with Crippen molar-refractivity contribution in [2.24, 2.45) is 0 Å². The van der Waals surface area contributed by atoms with Crippen molar-refractivity contribution in [2.75, 3.05) is 39.3 Å². The molecule has 1 amide bonds. The van der Waals surface area contributed by atoms with Crippen molar-refractivity contribution in [1.29, 1.82) is 0 Å². The zero-order valence-electron chi connectivity index (χ0n) is 16.8. The number of rotatable bonds is 5. The third kappa shape index (κ3) is 4.87. The summed E-state index contributed by atoms with van der Waals surface area (Å²) in [4.78, 5) is 24.5. The first kappa shape index (κ1) is 20.1. The highest BCUT2D eigenvalue weighted by atomic mass is 32.1. The van der Waals surface area contributed by atoms with E-state index in [4.69, 9.17) is 11.4 Å². The van der Waals surface area contributed by atoms with Crippen LogP contribution in [0.1, 0.15) is 25.0 Å². The molecule has 152 valence electrons. The average Bonchev–Trinajstić information content (AvgIpc) is 3.24. The van der Waals surface area contributed by atoms with Gasteiger partial charge < -0.3 is 4.90 Å². The normalized spacial score (nSPS) is 21.1. The second-order valence-corrected chi connectivity index (χ2v) is 8.66. The molecule has 0 radical (unpaired) electrons. The van der Waals surface area contributed by atoms with Crippen LogP contribution < -0.4 is 0 Å². The van der Waals surface area contributed by atoms with Crippen LogP contribution in [-0.4, -0.2) is 70.9 Å². The summed E-state index contributed by atoms with van der Waals surface area (Å²) < 4.78 is 0. The number of carbonyl (C=O) groups excluding carboxylic acids is 1. The fraction of sp³-hybridized carbons (Fsp3) is 0.478. The number of nitrogens with zero attached hydrogens (tertiary/aromatic N) is 4. The van der Waals surface area contributed by atoms with Crippen molar-refractivity contribution in [1.82, 2.24) is 19.7 Å². The number of benzene rings is 1. The Kier molecular flexibility index (Phi) is 6.60. The van der Waals surface area contributed by atoms with E-state index in [1.807, 2.05) is 23.1 Å². The molecule has 0 bridgehead atoms. The van der Waals surface area contributed by atoms with E-state index in [0.29, 0.717) is 6.54 Å². The molecule has 3 heterocycles. The van der Waals surface area contributed by atoms with Gasteiger partial charge in [0.1, 0.15) is 5.01 Å². The van der Waals surface area contributed by atoms with Gasteiger partial charge in [0, 0.05) is 43.7 Å². The Morgan fingerprint density at radius 3 is 2.69 bits per heavy atom. The standard InChI is InChI=1S/C23H28N4OS/c1-2-11-26-12-7-6-10-21(26)23(28)27-15-13-25(14-16-27)17-20-18-29-22(24-20)19-8-4-3-5-9-19/h1,3-5,8-9,18,21H,6-7,10-17H2. The summed E-state index contributed by atoms with van der Waals surface area (Å²) in [5, 5.41) is 3.22. The minimum Gasteiger partial charge on any atom is -0.339 e. The lowest BCUT2D eigenvalue weighted by Crippen LogP contribution is -2.55. The minimum absolute atomic E-state index is 0.0293. The van der Waals surface area contributed by atoms with Crippen LogP contribution in [0.25, 0.3) is 10.6 Å². The molecule has 2 fully saturated rings. The van der Waals surface area contributed by atoms with E-state index in [2.05, 4.69) is 33.2 Å². The smallest absolute Gasteiger partial charge is 0.240 e. The molecule has 0 N–H and O–H groups in total. The summed E-state index contributed by atoms with van der Waals surface area (Å²) in [6, 6.07) is 10.3. The summed E-state index contributed by atoms with van der Waals surface area (Å²) in [6.07, 6.45) is 8.69. The summed E-state index contributed by atoms with van der Waals surface area (Å²) in [5.74, 6) is 2.98. The summed E-state index contributed by atoms with van der Waals surface area (Å²) in [5.41, 5.74) is 2.28. The Labute approximate surface area is 177 Å². The molecule has 2 aromatic rings. The predicted octanol–water partition coefficient (Wildman–Crippen LogP) is 2.94. The van der Waals surface area contributed by atoms with Crippen LogP contribution in [0.15, 0.2) is 35.7 Å². The number of terminal acetylenes is 1. The lowest BCUT2D eigenvalue weighted by Gasteiger charge is -2.40. The molecule has 2 aliphatic rings. The van der Waals surface area contributed by atoms with Crippen LogP contribution in [0.3, 0.4) is 0 Å². The molecule has 0 aliphatic carbocycles. The van der Waals surface area contributed by atoms with Crippen molar-refractivity contribution in [3.8, 4) is 22.9 Å². The van der Waals surface area contributed by atoms with Crippen LogP contribution in [-0.2, 0) is 11.3 Å². The Balaban J connectivity index is 1.30. The molecule has 2 aliphatic heterocycles. The highest BCUT2D eigenvalue weighted by Crippen LogP contribution is 2.24. The lowest BCUT2D eigenvalue weighted by atomic mass is 10.0. The maximum absolute atomic E-state index is 13.1. The molecule has 0 spiro atoms. The van der Waals surface area contributed by atoms with Gasteiger partial charge in [-0.1, -0.05) is 42.7 Å². The predicted molar refractivity (Wildman–Crippen MR) is 117 cm³/mol. The molecule has 4 rings (SSSR count). The first-order chi connectivity index (χ1) is 14.2. The fourth-order valence-electron chi connectivity index (χ4n) is 4.24. The van der Waals surface area contributed by atoms with Crippen LogP contribution in [0.5, 0.6) is 0 Å². The summed E-state index contributed by atoms with van der Waals surface area (Å²) in [6.45, 7) is 5.72. The van der Waals surface area contributed by atoms with Crippen LogP contribution >= 0.6 is 11.3 Å². The quantitative estimate of drug-likeness (QED) is 0.713. The van der Waals surface area contributed by atoms with Crippen LogP contribution in [0.2, 0.25) is 0 Å². The van der Waals surface area contributed by atoms with E-state index >= 15 is 0 Å².